The quantitative estimate of drug-likeness (QED) is 0.881. The molecule has 2 heterocycles. The van der Waals surface area contributed by atoms with E-state index in [2.05, 4.69) is 11.9 Å². The second-order valence-corrected chi connectivity index (χ2v) is 5.84. The molecule has 1 aliphatic carbocycles. The Bertz CT molecular complexity index is 671. The summed E-state index contributed by atoms with van der Waals surface area (Å²) in [7, 11) is 0. The van der Waals surface area contributed by atoms with Crippen LogP contribution in [0.15, 0.2) is 24.5 Å². The standard InChI is InChI=1S/C14H14N2O3S/c1-9-11-3-2-10(19-14(17)18)6-12(11)20-13(9)7-16-5-4-15-8-16/h4-6,8H,2-3,7H2,1H3,(H,17,18). The number of thiophene rings is 1. The van der Waals surface area contributed by atoms with E-state index in [0.29, 0.717) is 12.2 Å². The van der Waals surface area contributed by atoms with E-state index in [4.69, 9.17) is 9.84 Å². The molecule has 0 aromatic carbocycles. The van der Waals surface area contributed by atoms with Crippen molar-refractivity contribution < 1.29 is 14.6 Å². The van der Waals surface area contributed by atoms with Crippen LogP contribution in [0, 0.1) is 6.92 Å². The molecule has 0 saturated heterocycles. The number of hydrogen-bond donors (Lipinski definition) is 1. The molecule has 0 unspecified atom stereocenters. The molecule has 2 aromatic heterocycles. The van der Waals surface area contributed by atoms with Gasteiger partial charge in [-0.15, -0.1) is 11.3 Å². The molecule has 104 valence electrons. The summed E-state index contributed by atoms with van der Waals surface area (Å²) < 4.78 is 6.80. The van der Waals surface area contributed by atoms with Crippen molar-refractivity contribution in [1.29, 1.82) is 0 Å². The van der Waals surface area contributed by atoms with Crippen LogP contribution >= 0.6 is 11.3 Å². The van der Waals surface area contributed by atoms with Gasteiger partial charge in [-0.2, -0.15) is 0 Å². The number of carboxylic acid groups (broad SMARTS) is 1. The summed E-state index contributed by atoms with van der Waals surface area (Å²) >= 11 is 1.69. The minimum absolute atomic E-state index is 0.528. The van der Waals surface area contributed by atoms with Crippen LogP contribution in [-0.2, 0) is 17.7 Å². The predicted octanol–water partition coefficient (Wildman–Crippen LogP) is 3.28. The lowest BCUT2D eigenvalue weighted by Gasteiger charge is -2.12. The Morgan fingerprint density at radius 2 is 2.40 bits per heavy atom. The average Bonchev–Trinajstić information content (AvgIpc) is 2.99. The smallest absolute Gasteiger partial charge is 0.449 e. The van der Waals surface area contributed by atoms with E-state index in [1.54, 1.807) is 23.9 Å². The van der Waals surface area contributed by atoms with Crippen LogP contribution in [0.5, 0.6) is 0 Å². The predicted molar refractivity (Wildman–Crippen MR) is 75.8 cm³/mol. The number of fused-ring (bicyclic) bond motifs is 1. The van der Waals surface area contributed by atoms with Crippen LogP contribution in [0.2, 0.25) is 0 Å². The Hall–Kier alpha value is -2.08. The number of aromatic nitrogens is 2. The molecule has 0 fully saturated rings. The van der Waals surface area contributed by atoms with E-state index in [9.17, 15) is 4.79 Å². The summed E-state index contributed by atoms with van der Waals surface area (Å²) in [6.45, 7) is 2.92. The van der Waals surface area contributed by atoms with Crippen molar-refractivity contribution >= 4 is 23.6 Å². The van der Waals surface area contributed by atoms with Gasteiger partial charge in [-0.25, -0.2) is 9.78 Å². The van der Waals surface area contributed by atoms with Crippen LogP contribution in [0.25, 0.3) is 6.08 Å². The van der Waals surface area contributed by atoms with Gasteiger partial charge in [0.1, 0.15) is 5.76 Å². The van der Waals surface area contributed by atoms with Gasteiger partial charge in [0, 0.05) is 28.6 Å². The van der Waals surface area contributed by atoms with Crippen molar-refractivity contribution in [3.05, 3.63) is 45.4 Å². The Morgan fingerprint density at radius 3 is 3.10 bits per heavy atom. The number of imidazole rings is 1. The first-order chi connectivity index (χ1) is 9.63. The van der Waals surface area contributed by atoms with E-state index in [0.717, 1.165) is 17.8 Å². The van der Waals surface area contributed by atoms with Crippen LogP contribution in [0.4, 0.5) is 4.79 Å². The normalized spacial score (nSPS) is 13.8. The summed E-state index contributed by atoms with van der Waals surface area (Å²) in [5.41, 5.74) is 2.60. The van der Waals surface area contributed by atoms with Crippen molar-refractivity contribution in [3.8, 4) is 0 Å². The fraction of sp³-hybridized carbons (Fsp3) is 0.286. The van der Waals surface area contributed by atoms with Crippen molar-refractivity contribution in [2.45, 2.75) is 26.3 Å². The number of hydrogen-bond acceptors (Lipinski definition) is 4. The van der Waals surface area contributed by atoms with Crippen LogP contribution < -0.4 is 0 Å². The third-order valence-corrected chi connectivity index (χ3v) is 4.68. The highest BCUT2D eigenvalue weighted by Gasteiger charge is 2.20. The first kappa shape index (κ1) is 12.9. The second kappa shape index (κ2) is 5.13. The van der Waals surface area contributed by atoms with Gasteiger partial charge in [0.2, 0.25) is 0 Å². The summed E-state index contributed by atoms with van der Waals surface area (Å²) in [5.74, 6) is 0.528. The van der Waals surface area contributed by atoms with Crippen molar-refractivity contribution in [2.75, 3.05) is 0 Å². The highest BCUT2D eigenvalue weighted by Crippen LogP contribution is 2.35. The highest BCUT2D eigenvalue weighted by atomic mass is 32.1. The number of ether oxygens (including phenoxy) is 1. The molecule has 0 spiro atoms. The lowest BCUT2D eigenvalue weighted by Crippen LogP contribution is -2.05. The molecule has 0 saturated carbocycles. The van der Waals surface area contributed by atoms with Gasteiger partial charge >= 0.3 is 6.16 Å². The Kier molecular flexibility index (Phi) is 3.31. The summed E-state index contributed by atoms with van der Waals surface area (Å²) in [6, 6.07) is 0. The molecule has 5 nitrogen and oxygen atoms in total. The highest BCUT2D eigenvalue weighted by molar-refractivity contribution is 7.13. The van der Waals surface area contributed by atoms with Gasteiger partial charge in [-0.3, -0.25) is 0 Å². The lowest BCUT2D eigenvalue weighted by atomic mass is 9.99. The van der Waals surface area contributed by atoms with Crippen LogP contribution in [-0.4, -0.2) is 20.8 Å². The number of rotatable bonds is 3. The maximum atomic E-state index is 10.6. The summed E-state index contributed by atoms with van der Waals surface area (Å²) in [5, 5.41) is 8.67. The molecule has 0 radical (unpaired) electrons. The zero-order chi connectivity index (χ0) is 14.1. The van der Waals surface area contributed by atoms with E-state index in [1.807, 2.05) is 16.8 Å². The molecule has 1 aliphatic rings. The van der Waals surface area contributed by atoms with Gasteiger partial charge in [0.05, 0.1) is 12.9 Å². The molecule has 0 atom stereocenters. The molecule has 6 heteroatoms. The molecule has 0 amide bonds. The van der Waals surface area contributed by atoms with Gasteiger partial charge in [0.15, 0.2) is 0 Å². The summed E-state index contributed by atoms with van der Waals surface area (Å²) in [6.07, 6.45) is 7.58. The second-order valence-electron chi connectivity index (χ2n) is 4.71. The minimum Gasteiger partial charge on any atom is -0.449 e. The fourth-order valence-corrected chi connectivity index (χ4v) is 3.73. The average molecular weight is 290 g/mol. The third-order valence-electron chi connectivity index (χ3n) is 3.42. The Morgan fingerprint density at radius 1 is 1.55 bits per heavy atom. The van der Waals surface area contributed by atoms with Gasteiger partial charge in [-0.05, 0) is 30.5 Å². The molecule has 20 heavy (non-hydrogen) atoms. The van der Waals surface area contributed by atoms with Crippen molar-refractivity contribution in [1.82, 2.24) is 9.55 Å². The van der Waals surface area contributed by atoms with E-state index in [1.165, 1.54) is 16.0 Å². The number of nitrogens with zero attached hydrogens (tertiary/aromatic N) is 2. The fourth-order valence-electron chi connectivity index (χ4n) is 2.41. The Labute approximate surface area is 120 Å². The molecule has 0 bridgehead atoms. The topological polar surface area (TPSA) is 64.4 Å². The van der Waals surface area contributed by atoms with E-state index < -0.39 is 6.16 Å². The maximum Gasteiger partial charge on any atom is 0.511 e. The first-order valence-electron chi connectivity index (χ1n) is 6.31. The zero-order valence-electron chi connectivity index (χ0n) is 11.0. The number of carbonyl (C=O) groups is 1. The molecule has 2 aromatic rings. The molecule has 0 aliphatic heterocycles. The largest absolute Gasteiger partial charge is 0.511 e. The van der Waals surface area contributed by atoms with Gasteiger partial charge in [0.25, 0.3) is 0 Å². The van der Waals surface area contributed by atoms with Crippen molar-refractivity contribution in [2.24, 2.45) is 0 Å². The zero-order valence-corrected chi connectivity index (χ0v) is 11.8. The maximum absolute atomic E-state index is 10.6. The SMILES string of the molecule is Cc1c(Cn2ccnc2)sc2c1CCC(OC(=O)O)=C2. The first-order valence-corrected chi connectivity index (χ1v) is 7.13. The van der Waals surface area contributed by atoms with Crippen molar-refractivity contribution in [3.63, 3.8) is 0 Å². The molecule has 3 rings (SSSR count). The molecule has 1 N–H and O–H groups in total. The van der Waals surface area contributed by atoms with Crippen LogP contribution in [0.1, 0.15) is 27.3 Å². The molecular weight excluding hydrogens is 276 g/mol. The van der Waals surface area contributed by atoms with Gasteiger partial charge in [-0.1, -0.05) is 0 Å². The summed E-state index contributed by atoms with van der Waals surface area (Å²) in [4.78, 5) is 17.0. The monoisotopic (exact) mass is 290 g/mol. The Balaban J connectivity index is 1.88. The molecular formula is C14H14N2O3S. The lowest BCUT2D eigenvalue weighted by molar-refractivity contribution is 0.117. The van der Waals surface area contributed by atoms with E-state index in [-0.39, 0.29) is 0 Å². The van der Waals surface area contributed by atoms with E-state index >= 15 is 0 Å². The minimum atomic E-state index is -1.24. The van der Waals surface area contributed by atoms with Crippen LogP contribution in [0.3, 0.4) is 0 Å². The number of allylic oxidation sites excluding steroid dienone is 1. The third kappa shape index (κ3) is 2.46. The van der Waals surface area contributed by atoms with Gasteiger partial charge < -0.3 is 14.4 Å².